The number of amides is 1. The zero-order chi connectivity index (χ0) is 16.8. The first-order valence-electron chi connectivity index (χ1n) is 7.29. The van der Waals surface area contributed by atoms with Gasteiger partial charge in [-0.25, -0.2) is 14.4 Å². The van der Waals surface area contributed by atoms with Crippen molar-refractivity contribution < 1.29 is 13.9 Å². The molecule has 1 aromatic carbocycles. The minimum absolute atomic E-state index is 0.133. The SMILES string of the molecule is O=C(COc1ccc(F)cc1)NCc1ccc(-n2ccnc2)nc1. The van der Waals surface area contributed by atoms with Crippen molar-refractivity contribution in [2.75, 3.05) is 6.61 Å². The Labute approximate surface area is 137 Å². The third kappa shape index (κ3) is 4.16. The van der Waals surface area contributed by atoms with Gasteiger partial charge in [-0.15, -0.1) is 0 Å². The summed E-state index contributed by atoms with van der Waals surface area (Å²) in [6, 6.07) is 9.23. The number of benzene rings is 1. The molecule has 0 atom stereocenters. The molecule has 7 heteroatoms. The quantitative estimate of drug-likeness (QED) is 0.753. The van der Waals surface area contributed by atoms with Crippen LogP contribution >= 0.6 is 0 Å². The fourth-order valence-electron chi connectivity index (χ4n) is 2.00. The second-order valence-corrected chi connectivity index (χ2v) is 5.01. The predicted octanol–water partition coefficient (Wildman–Crippen LogP) is 2.10. The zero-order valence-corrected chi connectivity index (χ0v) is 12.7. The van der Waals surface area contributed by atoms with Gasteiger partial charge in [-0.05, 0) is 35.9 Å². The monoisotopic (exact) mass is 326 g/mol. The zero-order valence-electron chi connectivity index (χ0n) is 12.7. The lowest BCUT2D eigenvalue weighted by atomic mass is 10.3. The first kappa shape index (κ1) is 15.7. The van der Waals surface area contributed by atoms with E-state index in [1.54, 1.807) is 29.5 Å². The van der Waals surface area contributed by atoms with Crippen LogP contribution in [0.4, 0.5) is 4.39 Å². The van der Waals surface area contributed by atoms with Crippen LogP contribution in [0, 0.1) is 5.82 Å². The highest BCUT2D eigenvalue weighted by atomic mass is 19.1. The Kier molecular flexibility index (Phi) is 4.81. The number of aromatic nitrogens is 3. The Bertz CT molecular complexity index is 786. The van der Waals surface area contributed by atoms with Crippen molar-refractivity contribution in [3.63, 3.8) is 0 Å². The summed E-state index contributed by atoms with van der Waals surface area (Å²) in [5.41, 5.74) is 0.869. The molecular weight excluding hydrogens is 311 g/mol. The van der Waals surface area contributed by atoms with E-state index in [4.69, 9.17) is 4.74 Å². The molecule has 122 valence electrons. The molecule has 0 bridgehead atoms. The first-order valence-corrected chi connectivity index (χ1v) is 7.29. The fourth-order valence-corrected chi connectivity index (χ4v) is 2.00. The number of ether oxygens (including phenoxy) is 1. The number of carbonyl (C=O) groups excluding carboxylic acids is 1. The summed E-state index contributed by atoms with van der Waals surface area (Å²) >= 11 is 0. The van der Waals surface area contributed by atoms with Gasteiger partial charge in [0.25, 0.3) is 5.91 Å². The van der Waals surface area contributed by atoms with E-state index >= 15 is 0 Å². The lowest BCUT2D eigenvalue weighted by Crippen LogP contribution is -2.28. The van der Waals surface area contributed by atoms with Crippen molar-refractivity contribution in [2.45, 2.75) is 6.54 Å². The molecule has 3 rings (SSSR count). The lowest BCUT2D eigenvalue weighted by Gasteiger charge is -2.08. The highest BCUT2D eigenvalue weighted by Gasteiger charge is 2.04. The molecule has 0 fully saturated rings. The number of hydrogen-bond acceptors (Lipinski definition) is 4. The van der Waals surface area contributed by atoms with E-state index in [1.807, 2.05) is 12.1 Å². The van der Waals surface area contributed by atoms with E-state index in [2.05, 4.69) is 15.3 Å². The first-order chi connectivity index (χ1) is 11.7. The van der Waals surface area contributed by atoms with E-state index in [0.717, 1.165) is 11.4 Å². The van der Waals surface area contributed by atoms with E-state index in [1.165, 1.54) is 24.3 Å². The largest absolute Gasteiger partial charge is 0.484 e. The second kappa shape index (κ2) is 7.36. The van der Waals surface area contributed by atoms with Crippen molar-refractivity contribution in [1.29, 1.82) is 0 Å². The van der Waals surface area contributed by atoms with Gasteiger partial charge >= 0.3 is 0 Å². The number of nitrogens with zero attached hydrogens (tertiary/aromatic N) is 3. The van der Waals surface area contributed by atoms with Crippen molar-refractivity contribution in [2.24, 2.45) is 0 Å². The van der Waals surface area contributed by atoms with Gasteiger partial charge in [0.2, 0.25) is 0 Å². The molecule has 0 radical (unpaired) electrons. The molecule has 6 nitrogen and oxygen atoms in total. The molecule has 0 aliphatic heterocycles. The normalized spacial score (nSPS) is 10.4. The van der Waals surface area contributed by atoms with Crippen molar-refractivity contribution in [3.05, 3.63) is 72.7 Å². The van der Waals surface area contributed by atoms with E-state index in [9.17, 15) is 9.18 Å². The van der Waals surface area contributed by atoms with Crippen LogP contribution in [0.1, 0.15) is 5.56 Å². The third-order valence-corrected chi connectivity index (χ3v) is 3.25. The van der Waals surface area contributed by atoms with Gasteiger partial charge < -0.3 is 10.1 Å². The van der Waals surface area contributed by atoms with Crippen molar-refractivity contribution >= 4 is 5.91 Å². The predicted molar refractivity (Wildman–Crippen MR) is 85.1 cm³/mol. The lowest BCUT2D eigenvalue weighted by molar-refractivity contribution is -0.123. The average molecular weight is 326 g/mol. The van der Waals surface area contributed by atoms with Crippen LogP contribution in [0.3, 0.4) is 0 Å². The Balaban J connectivity index is 1.46. The molecule has 0 saturated heterocycles. The highest BCUT2D eigenvalue weighted by Crippen LogP contribution is 2.10. The topological polar surface area (TPSA) is 69.0 Å². The summed E-state index contributed by atoms with van der Waals surface area (Å²) in [5.74, 6) is 0.580. The number of pyridine rings is 1. The van der Waals surface area contributed by atoms with Crippen LogP contribution < -0.4 is 10.1 Å². The number of halogens is 1. The van der Waals surface area contributed by atoms with Gasteiger partial charge in [0.1, 0.15) is 23.7 Å². The summed E-state index contributed by atoms with van der Waals surface area (Å²) < 4.78 is 19.8. The molecule has 0 aliphatic rings. The average Bonchev–Trinajstić information content (AvgIpc) is 3.14. The van der Waals surface area contributed by atoms with Crippen LogP contribution in [-0.2, 0) is 11.3 Å². The molecule has 0 unspecified atom stereocenters. The Morgan fingerprint density at radius 2 is 2.04 bits per heavy atom. The van der Waals surface area contributed by atoms with Gasteiger partial charge in [0, 0.05) is 25.1 Å². The molecule has 24 heavy (non-hydrogen) atoms. The van der Waals surface area contributed by atoms with Crippen LogP contribution in [0.5, 0.6) is 5.75 Å². The number of hydrogen-bond donors (Lipinski definition) is 1. The Morgan fingerprint density at radius 3 is 2.71 bits per heavy atom. The van der Waals surface area contributed by atoms with Gasteiger partial charge in [-0.3, -0.25) is 9.36 Å². The van der Waals surface area contributed by atoms with E-state index < -0.39 is 0 Å². The van der Waals surface area contributed by atoms with E-state index in [-0.39, 0.29) is 18.3 Å². The number of imidazole rings is 1. The smallest absolute Gasteiger partial charge is 0.258 e. The maximum absolute atomic E-state index is 12.8. The summed E-state index contributed by atoms with van der Waals surface area (Å²) in [5, 5.41) is 2.74. The minimum Gasteiger partial charge on any atom is -0.484 e. The van der Waals surface area contributed by atoms with Crippen molar-refractivity contribution in [3.8, 4) is 11.6 Å². The standard InChI is InChI=1S/C17H15FN4O2/c18-14-2-4-15(5-3-14)24-11-17(23)21-10-13-1-6-16(20-9-13)22-8-7-19-12-22/h1-9,12H,10-11H2,(H,21,23). The van der Waals surface area contributed by atoms with Crippen molar-refractivity contribution in [1.82, 2.24) is 19.9 Å². The van der Waals surface area contributed by atoms with Gasteiger partial charge in [-0.1, -0.05) is 6.07 Å². The molecule has 0 spiro atoms. The maximum atomic E-state index is 12.8. The molecule has 0 saturated carbocycles. The minimum atomic E-state index is -0.349. The number of nitrogens with one attached hydrogen (secondary N) is 1. The van der Waals surface area contributed by atoms with Crippen LogP contribution in [0.25, 0.3) is 5.82 Å². The molecule has 1 N–H and O–H groups in total. The van der Waals surface area contributed by atoms with Crippen LogP contribution in [0.2, 0.25) is 0 Å². The molecule has 1 amide bonds. The second-order valence-electron chi connectivity index (χ2n) is 5.01. The molecule has 2 aromatic heterocycles. The van der Waals surface area contributed by atoms with Gasteiger partial charge in [0.15, 0.2) is 6.61 Å². The van der Waals surface area contributed by atoms with Crippen LogP contribution in [0.15, 0.2) is 61.3 Å². The molecule has 0 aliphatic carbocycles. The molecular formula is C17H15FN4O2. The molecule has 2 heterocycles. The Hall–Kier alpha value is -3.22. The van der Waals surface area contributed by atoms with Crippen LogP contribution in [-0.4, -0.2) is 27.0 Å². The highest BCUT2D eigenvalue weighted by molar-refractivity contribution is 5.77. The third-order valence-electron chi connectivity index (χ3n) is 3.25. The van der Waals surface area contributed by atoms with E-state index in [0.29, 0.717) is 12.3 Å². The summed E-state index contributed by atoms with van der Waals surface area (Å²) in [6.45, 7) is 0.217. The number of carbonyl (C=O) groups is 1. The number of rotatable bonds is 6. The summed E-state index contributed by atoms with van der Waals surface area (Å²) in [4.78, 5) is 20.0. The molecule has 3 aromatic rings. The van der Waals surface area contributed by atoms with Gasteiger partial charge in [-0.2, -0.15) is 0 Å². The Morgan fingerprint density at radius 1 is 1.21 bits per heavy atom. The van der Waals surface area contributed by atoms with Gasteiger partial charge in [0.05, 0.1) is 0 Å². The maximum Gasteiger partial charge on any atom is 0.258 e. The summed E-state index contributed by atoms with van der Waals surface area (Å²) in [7, 11) is 0. The fraction of sp³-hybridized carbons (Fsp3) is 0.118. The summed E-state index contributed by atoms with van der Waals surface area (Å²) in [6.07, 6.45) is 6.83.